The van der Waals surface area contributed by atoms with E-state index in [9.17, 15) is 13.2 Å². The number of hydrogen-bond donors (Lipinski definition) is 1. The molecule has 134 valence electrons. The number of fused-ring (bicyclic) bond motifs is 3. The van der Waals surface area contributed by atoms with Crippen molar-refractivity contribution in [2.75, 3.05) is 11.9 Å². The van der Waals surface area contributed by atoms with Crippen molar-refractivity contribution in [1.82, 2.24) is 14.8 Å². The van der Waals surface area contributed by atoms with E-state index in [0.717, 1.165) is 34.9 Å². The van der Waals surface area contributed by atoms with Gasteiger partial charge in [0, 0.05) is 18.0 Å². The van der Waals surface area contributed by atoms with Crippen molar-refractivity contribution in [3.63, 3.8) is 0 Å². The van der Waals surface area contributed by atoms with Crippen LogP contribution in [0.2, 0.25) is 0 Å². The van der Waals surface area contributed by atoms with Crippen LogP contribution in [0.25, 0.3) is 17.1 Å². The SMILES string of the molecule is Cc1ccc2c(c1)NCC(C)c1nnc(-c3cccc(C(F)(F)F)c3)n1-2. The first-order valence-corrected chi connectivity index (χ1v) is 8.32. The summed E-state index contributed by atoms with van der Waals surface area (Å²) in [5, 5.41) is 11.9. The van der Waals surface area contributed by atoms with Crippen LogP contribution in [0.15, 0.2) is 42.5 Å². The Morgan fingerprint density at radius 3 is 2.69 bits per heavy atom. The van der Waals surface area contributed by atoms with Crippen LogP contribution >= 0.6 is 0 Å². The van der Waals surface area contributed by atoms with Crippen molar-refractivity contribution >= 4 is 5.69 Å². The van der Waals surface area contributed by atoms with Crippen LogP contribution in [0, 0.1) is 6.92 Å². The molecule has 0 saturated heterocycles. The van der Waals surface area contributed by atoms with Crippen LogP contribution in [-0.4, -0.2) is 21.3 Å². The molecular formula is C19H17F3N4. The van der Waals surface area contributed by atoms with E-state index < -0.39 is 11.7 Å². The Morgan fingerprint density at radius 2 is 1.92 bits per heavy atom. The first kappa shape index (κ1) is 16.6. The summed E-state index contributed by atoms with van der Waals surface area (Å²) in [6.07, 6.45) is -4.40. The summed E-state index contributed by atoms with van der Waals surface area (Å²) in [6.45, 7) is 4.69. The fraction of sp³-hybridized carbons (Fsp3) is 0.263. The van der Waals surface area contributed by atoms with Gasteiger partial charge in [-0.05, 0) is 36.8 Å². The molecule has 0 spiro atoms. The molecule has 1 aliphatic heterocycles. The number of anilines is 1. The van der Waals surface area contributed by atoms with Crippen molar-refractivity contribution in [2.24, 2.45) is 0 Å². The van der Waals surface area contributed by atoms with Gasteiger partial charge in [0.25, 0.3) is 0 Å². The molecule has 4 nitrogen and oxygen atoms in total. The smallest absolute Gasteiger partial charge is 0.383 e. The first-order valence-electron chi connectivity index (χ1n) is 8.32. The predicted molar refractivity (Wildman–Crippen MR) is 93.4 cm³/mol. The second-order valence-electron chi connectivity index (χ2n) is 6.60. The van der Waals surface area contributed by atoms with Gasteiger partial charge in [-0.15, -0.1) is 10.2 Å². The van der Waals surface area contributed by atoms with Gasteiger partial charge in [-0.25, -0.2) is 0 Å². The van der Waals surface area contributed by atoms with Gasteiger partial charge in [0.05, 0.1) is 16.9 Å². The average molecular weight is 358 g/mol. The Bertz CT molecular complexity index is 975. The third kappa shape index (κ3) is 2.73. The molecule has 7 heteroatoms. The van der Waals surface area contributed by atoms with Gasteiger partial charge in [0.2, 0.25) is 0 Å². The van der Waals surface area contributed by atoms with Crippen LogP contribution in [0.3, 0.4) is 0 Å². The number of benzene rings is 2. The molecular weight excluding hydrogens is 341 g/mol. The molecule has 2 heterocycles. The molecule has 2 aromatic carbocycles. The first-order chi connectivity index (χ1) is 12.3. The summed E-state index contributed by atoms with van der Waals surface area (Å²) >= 11 is 0. The minimum Gasteiger partial charge on any atom is -0.383 e. The molecule has 0 aliphatic carbocycles. The minimum atomic E-state index is -4.40. The molecule has 4 rings (SSSR count). The quantitative estimate of drug-likeness (QED) is 0.680. The van der Waals surface area contributed by atoms with Gasteiger partial charge in [0.1, 0.15) is 5.82 Å². The maximum Gasteiger partial charge on any atom is 0.416 e. The van der Waals surface area contributed by atoms with Crippen molar-refractivity contribution in [2.45, 2.75) is 25.9 Å². The zero-order valence-electron chi connectivity index (χ0n) is 14.3. The molecule has 1 unspecified atom stereocenters. The lowest BCUT2D eigenvalue weighted by Gasteiger charge is -2.14. The van der Waals surface area contributed by atoms with Gasteiger partial charge in [-0.3, -0.25) is 4.57 Å². The summed E-state index contributed by atoms with van der Waals surface area (Å²) in [5.74, 6) is 1.20. The van der Waals surface area contributed by atoms with Crippen LogP contribution in [0.1, 0.15) is 29.8 Å². The van der Waals surface area contributed by atoms with Crippen molar-refractivity contribution in [1.29, 1.82) is 0 Å². The summed E-state index contributed by atoms with van der Waals surface area (Å²) < 4.78 is 41.2. The van der Waals surface area contributed by atoms with Gasteiger partial charge >= 0.3 is 6.18 Å². The van der Waals surface area contributed by atoms with Crippen molar-refractivity contribution in [3.8, 4) is 17.1 Å². The molecule has 1 atom stereocenters. The highest BCUT2D eigenvalue weighted by molar-refractivity contribution is 5.69. The number of aryl methyl sites for hydroxylation is 1. The van der Waals surface area contributed by atoms with Crippen LogP contribution in [0.4, 0.5) is 18.9 Å². The zero-order valence-corrected chi connectivity index (χ0v) is 14.3. The molecule has 0 radical (unpaired) electrons. The predicted octanol–water partition coefficient (Wildman–Crippen LogP) is 4.79. The number of aromatic nitrogens is 3. The lowest BCUT2D eigenvalue weighted by Crippen LogP contribution is -2.09. The number of rotatable bonds is 1. The van der Waals surface area contributed by atoms with E-state index in [2.05, 4.69) is 15.5 Å². The topological polar surface area (TPSA) is 42.7 Å². The van der Waals surface area contributed by atoms with E-state index in [0.29, 0.717) is 17.9 Å². The van der Waals surface area contributed by atoms with E-state index in [1.807, 2.05) is 36.6 Å². The van der Waals surface area contributed by atoms with E-state index in [4.69, 9.17) is 0 Å². The highest BCUT2D eigenvalue weighted by atomic mass is 19.4. The minimum absolute atomic E-state index is 0.0646. The third-order valence-electron chi connectivity index (χ3n) is 4.57. The summed E-state index contributed by atoms with van der Waals surface area (Å²) in [4.78, 5) is 0. The summed E-state index contributed by atoms with van der Waals surface area (Å²) in [6, 6.07) is 11.1. The van der Waals surface area contributed by atoms with E-state index in [1.165, 1.54) is 6.07 Å². The van der Waals surface area contributed by atoms with E-state index >= 15 is 0 Å². The molecule has 3 aromatic rings. The Balaban J connectivity index is 1.94. The van der Waals surface area contributed by atoms with Crippen LogP contribution in [0.5, 0.6) is 0 Å². The normalized spacial score (nSPS) is 16.4. The fourth-order valence-electron chi connectivity index (χ4n) is 3.22. The second-order valence-corrected chi connectivity index (χ2v) is 6.60. The number of nitrogens with zero attached hydrogens (tertiary/aromatic N) is 3. The number of hydrogen-bond acceptors (Lipinski definition) is 3. The lowest BCUT2D eigenvalue weighted by atomic mass is 10.1. The van der Waals surface area contributed by atoms with Gasteiger partial charge in [-0.1, -0.05) is 25.1 Å². The number of nitrogens with one attached hydrogen (secondary N) is 1. The van der Waals surface area contributed by atoms with E-state index in [1.54, 1.807) is 6.07 Å². The third-order valence-corrected chi connectivity index (χ3v) is 4.57. The molecule has 0 bridgehead atoms. The molecule has 1 aliphatic rings. The molecule has 1 N–H and O–H groups in total. The molecule has 0 amide bonds. The van der Waals surface area contributed by atoms with E-state index in [-0.39, 0.29) is 5.92 Å². The zero-order chi connectivity index (χ0) is 18.5. The number of halogens is 3. The standard InChI is InChI=1S/C19H17F3N4/c1-11-6-7-16-15(8-11)23-10-12(2)17-24-25-18(26(16)17)13-4-3-5-14(9-13)19(20,21)22/h3-9,12,23H,10H2,1-2H3. The van der Waals surface area contributed by atoms with Gasteiger partial charge < -0.3 is 5.32 Å². The maximum absolute atomic E-state index is 13.1. The highest BCUT2D eigenvalue weighted by Gasteiger charge is 2.31. The van der Waals surface area contributed by atoms with Crippen LogP contribution < -0.4 is 5.32 Å². The Kier molecular flexibility index (Phi) is 3.75. The van der Waals surface area contributed by atoms with Gasteiger partial charge in [0.15, 0.2) is 5.82 Å². The van der Waals surface area contributed by atoms with Crippen molar-refractivity contribution < 1.29 is 13.2 Å². The van der Waals surface area contributed by atoms with Crippen molar-refractivity contribution in [3.05, 3.63) is 59.4 Å². The Labute approximate surface area is 148 Å². The molecule has 0 fully saturated rings. The number of alkyl halides is 3. The highest BCUT2D eigenvalue weighted by Crippen LogP contribution is 2.36. The van der Waals surface area contributed by atoms with Crippen LogP contribution in [-0.2, 0) is 6.18 Å². The van der Waals surface area contributed by atoms with Gasteiger partial charge in [-0.2, -0.15) is 13.2 Å². The average Bonchev–Trinajstić information content (AvgIpc) is 2.99. The second kappa shape index (κ2) is 5.86. The fourth-order valence-corrected chi connectivity index (χ4v) is 3.22. The summed E-state index contributed by atoms with van der Waals surface area (Å²) in [5.41, 5.74) is 2.55. The maximum atomic E-state index is 13.1. The molecule has 1 aromatic heterocycles. The summed E-state index contributed by atoms with van der Waals surface area (Å²) in [7, 11) is 0. The molecule has 26 heavy (non-hydrogen) atoms. The largest absolute Gasteiger partial charge is 0.416 e. The Morgan fingerprint density at radius 1 is 1.12 bits per heavy atom. The lowest BCUT2D eigenvalue weighted by molar-refractivity contribution is -0.137. The monoisotopic (exact) mass is 358 g/mol. The Hall–Kier alpha value is -2.83. The molecule has 0 saturated carbocycles.